The van der Waals surface area contributed by atoms with E-state index in [4.69, 9.17) is 17.3 Å². The Balaban J connectivity index is 2.52. The highest BCUT2D eigenvalue weighted by Crippen LogP contribution is 2.15. The third-order valence-electron chi connectivity index (χ3n) is 1.96. The third-order valence-corrected chi connectivity index (χ3v) is 2.26. The Hall–Kier alpha value is -1.13. The minimum atomic E-state index is 0.0707. The molecule has 1 atom stereocenters. The number of nitrogens with two attached hydrogens (primary N) is 1. The molecule has 0 aliphatic heterocycles. The lowest BCUT2D eigenvalue weighted by Crippen LogP contribution is -2.19. The minimum Gasteiger partial charge on any atom is -0.328 e. The second kappa shape index (κ2) is 3.55. The van der Waals surface area contributed by atoms with Crippen molar-refractivity contribution in [3.63, 3.8) is 0 Å². The highest BCUT2D eigenvalue weighted by atomic mass is 35.5. The normalized spacial score (nSPS) is 13.4. The van der Waals surface area contributed by atoms with E-state index in [9.17, 15) is 0 Å². The van der Waals surface area contributed by atoms with Crippen LogP contribution in [0.1, 0.15) is 12.7 Å². The van der Waals surface area contributed by atoms with Crippen molar-refractivity contribution in [3.8, 4) is 0 Å². The van der Waals surface area contributed by atoms with Crippen LogP contribution in [0, 0.1) is 0 Å². The number of aromatic nitrogens is 3. The van der Waals surface area contributed by atoms with Gasteiger partial charge in [0.25, 0.3) is 0 Å². The number of hydrogen-bond donors (Lipinski definition) is 1. The number of rotatable bonds is 2. The molecule has 0 bridgehead atoms. The van der Waals surface area contributed by atoms with Crippen LogP contribution < -0.4 is 5.73 Å². The Labute approximate surface area is 86.7 Å². The molecule has 2 N–H and O–H groups in total. The molecule has 0 fully saturated rings. The number of hydrogen-bond acceptors (Lipinski definition) is 3. The first kappa shape index (κ1) is 9.43. The van der Waals surface area contributed by atoms with Crippen molar-refractivity contribution in [1.82, 2.24) is 14.6 Å². The first-order valence-electron chi connectivity index (χ1n) is 4.42. The summed E-state index contributed by atoms with van der Waals surface area (Å²) in [5.74, 6) is 0.845. The fraction of sp³-hybridized carbons (Fsp3) is 0.333. The van der Waals surface area contributed by atoms with E-state index < -0.39 is 0 Å². The van der Waals surface area contributed by atoms with Crippen molar-refractivity contribution < 1.29 is 0 Å². The molecular weight excluding hydrogens is 200 g/mol. The summed E-state index contributed by atoms with van der Waals surface area (Å²) in [6, 6.07) is 3.73. The molecule has 0 saturated heterocycles. The molecule has 0 aromatic carbocycles. The van der Waals surface area contributed by atoms with Gasteiger partial charge in [0.15, 0.2) is 5.65 Å². The van der Waals surface area contributed by atoms with Crippen molar-refractivity contribution in [2.24, 2.45) is 5.73 Å². The summed E-state index contributed by atoms with van der Waals surface area (Å²) in [4.78, 5) is 0. The first-order chi connectivity index (χ1) is 6.68. The molecule has 2 rings (SSSR count). The maximum Gasteiger partial charge on any atom is 0.179 e. The molecule has 2 aromatic heterocycles. The molecule has 5 heteroatoms. The van der Waals surface area contributed by atoms with E-state index in [1.54, 1.807) is 6.07 Å². The lowest BCUT2D eigenvalue weighted by atomic mass is 10.2. The fourth-order valence-electron chi connectivity index (χ4n) is 1.36. The third kappa shape index (κ3) is 1.58. The van der Waals surface area contributed by atoms with Crippen LogP contribution in [-0.2, 0) is 6.42 Å². The summed E-state index contributed by atoms with van der Waals surface area (Å²) in [6.45, 7) is 1.94. The van der Waals surface area contributed by atoms with Gasteiger partial charge in [-0.2, -0.15) is 0 Å². The molecule has 1 unspecified atom stereocenters. The zero-order chi connectivity index (χ0) is 10.1. The van der Waals surface area contributed by atoms with E-state index in [1.807, 2.05) is 23.6 Å². The number of pyridine rings is 1. The Morgan fingerprint density at radius 2 is 2.36 bits per heavy atom. The van der Waals surface area contributed by atoms with Crippen molar-refractivity contribution in [1.29, 1.82) is 0 Å². The van der Waals surface area contributed by atoms with Crippen LogP contribution in [0.2, 0.25) is 5.02 Å². The van der Waals surface area contributed by atoms with Crippen LogP contribution in [0.4, 0.5) is 0 Å². The van der Waals surface area contributed by atoms with Crippen LogP contribution in [0.25, 0.3) is 5.65 Å². The maximum absolute atomic E-state index is 5.95. The van der Waals surface area contributed by atoms with Gasteiger partial charge in [-0.1, -0.05) is 11.6 Å². The van der Waals surface area contributed by atoms with Crippen molar-refractivity contribution >= 4 is 17.2 Å². The van der Waals surface area contributed by atoms with E-state index in [0.717, 1.165) is 5.82 Å². The Bertz CT molecular complexity index is 449. The molecule has 2 heterocycles. The summed E-state index contributed by atoms with van der Waals surface area (Å²) in [7, 11) is 0. The topological polar surface area (TPSA) is 56.2 Å². The largest absolute Gasteiger partial charge is 0.328 e. The molecule has 0 aliphatic rings. The van der Waals surface area contributed by atoms with Gasteiger partial charge in [-0.25, -0.2) is 0 Å². The quantitative estimate of drug-likeness (QED) is 0.812. The second-order valence-corrected chi connectivity index (χ2v) is 3.75. The van der Waals surface area contributed by atoms with Crippen LogP contribution in [0.3, 0.4) is 0 Å². The molecule has 0 radical (unpaired) electrons. The van der Waals surface area contributed by atoms with Gasteiger partial charge < -0.3 is 5.73 Å². The van der Waals surface area contributed by atoms with E-state index in [2.05, 4.69) is 10.2 Å². The predicted molar refractivity (Wildman–Crippen MR) is 55.4 cm³/mol. The second-order valence-electron chi connectivity index (χ2n) is 3.35. The fourth-order valence-corrected chi connectivity index (χ4v) is 1.56. The highest BCUT2D eigenvalue weighted by molar-refractivity contribution is 6.33. The summed E-state index contributed by atoms with van der Waals surface area (Å²) >= 11 is 5.95. The maximum atomic E-state index is 5.95. The zero-order valence-corrected chi connectivity index (χ0v) is 8.57. The summed E-state index contributed by atoms with van der Waals surface area (Å²) in [5, 5.41) is 8.65. The number of fused-ring (bicyclic) bond motifs is 1. The van der Waals surface area contributed by atoms with Gasteiger partial charge in [-0.05, 0) is 19.1 Å². The van der Waals surface area contributed by atoms with Gasteiger partial charge in [-0.15, -0.1) is 10.2 Å². The lowest BCUT2D eigenvalue weighted by molar-refractivity contribution is 0.695. The Kier molecular flexibility index (Phi) is 2.39. The van der Waals surface area contributed by atoms with Crippen molar-refractivity contribution in [3.05, 3.63) is 29.2 Å². The van der Waals surface area contributed by atoms with Gasteiger partial charge in [0.05, 0.1) is 5.02 Å². The SMILES string of the molecule is CC(N)Cc1nnc2c(Cl)cccn12. The minimum absolute atomic E-state index is 0.0707. The van der Waals surface area contributed by atoms with Crippen LogP contribution >= 0.6 is 11.6 Å². The smallest absolute Gasteiger partial charge is 0.179 e. The molecule has 74 valence electrons. The highest BCUT2D eigenvalue weighted by Gasteiger charge is 2.08. The van der Waals surface area contributed by atoms with E-state index in [1.165, 1.54) is 0 Å². The van der Waals surface area contributed by atoms with Crippen molar-refractivity contribution in [2.75, 3.05) is 0 Å². The Morgan fingerprint density at radius 3 is 3.07 bits per heavy atom. The lowest BCUT2D eigenvalue weighted by Gasteiger charge is -2.02. The average molecular weight is 211 g/mol. The summed E-state index contributed by atoms with van der Waals surface area (Å²) in [5.41, 5.74) is 6.38. The predicted octanol–water partition coefficient (Wildman–Crippen LogP) is 1.27. The van der Waals surface area contributed by atoms with Gasteiger partial charge in [-0.3, -0.25) is 4.40 Å². The monoisotopic (exact) mass is 210 g/mol. The first-order valence-corrected chi connectivity index (χ1v) is 4.80. The van der Waals surface area contributed by atoms with E-state index >= 15 is 0 Å². The molecule has 0 amide bonds. The summed E-state index contributed by atoms with van der Waals surface area (Å²) < 4.78 is 1.87. The van der Waals surface area contributed by atoms with Crippen LogP contribution in [0.5, 0.6) is 0 Å². The molecule has 14 heavy (non-hydrogen) atoms. The van der Waals surface area contributed by atoms with Crippen LogP contribution in [-0.4, -0.2) is 20.6 Å². The van der Waals surface area contributed by atoms with Crippen molar-refractivity contribution in [2.45, 2.75) is 19.4 Å². The number of halogens is 1. The van der Waals surface area contributed by atoms with Gasteiger partial charge >= 0.3 is 0 Å². The van der Waals surface area contributed by atoms with Gasteiger partial charge in [0.2, 0.25) is 0 Å². The average Bonchev–Trinajstić information content (AvgIpc) is 2.49. The summed E-state index contributed by atoms with van der Waals surface area (Å²) in [6.07, 6.45) is 2.58. The number of nitrogens with zero attached hydrogens (tertiary/aromatic N) is 3. The zero-order valence-electron chi connectivity index (χ0n) is 7.81. The molecule has 0 aliphatic carbocycles. The van der Waals surface area contributed by atoms with Crippen LogP contribution in [0.15, 0.2) is 18.3 Å². The van der Waals surface area contributed by atoms with Gasteiger partial charge in [0.1, 0.15) is 5.82 Å². The standard InChI is InChI=1S/C9H11ClN4/c1-6(11)5-8-12-13-9-7(10)3-2-4-14(8)9/h2-4,6H,5,11H2,1H3. The van der Waals surface area contributed by atoms with Gasteiger partial charge in [0, 0.05) is 18.7 Å². The molecule has 2 aromatic rings. The molecule has 0 saturated carbocycles. The van der Waals surface area contributed by atoms with E-state index in [-0.39, 0.29) is 6.04 Å². The van der Waals surface area contributed by atoms with E-state index in [0.29, 0.717) is 17.1 Å². The Morgan fingerprint density at radius 1 is 1.57 bits per heavy atom. The molecule has 4 nitrogen and oxygen atoms in total. The molecule has 0 spiro atoms. The molecular formula is C9H11ClN4.